The van der Waals surface area contributed by atoms with Gasteiger partial charge in [-0.3, -0.25) is 4.18 Å². The van der Waals surface area contributed by atoms with Crippen LogP contribution in [-0.2, 0) is 14.3 Å². The molecule has 5 nitrogen and oxygen atoms in total. The van der Waals surface area contributed by atoms with Gasteiger partial charge in [0.05, 0.1) is 19.1 Å². The zero-order chi connectivity index (χ0) is 13.5. The smallest absolute Gasteiger partial charge is 0.267 e. The van der Waals surface area contributed by atoms with E-state index in [-0.39, 0.29) is 11.7 Å². The minimum Gasteiger partial charge on any atom is -0.464 e. The van der Waals surface area contributed by atoms with Crippen LogP contribution in [0.1, 0.15) is 0 Å². The number of furan rings is 1. The molecule has 0 N–H and O–H groups in total. The first-order valence-electron chi connectivity index (χ1n) is 6.08. The molecule has 0 amide bonds. The molecule has 1 aromatic heterocycles. The second kappa shape index (κ2) is 4.54. The highest BCUT2D eigenvalue weighted by molar-refractivity contribution is 7.86. The Balaban J connectivity index is 1.67. The van der Waals surface area contributed by atoms with Crippen LogP contribution in [0.2, 0.25) is 0 Å². The first-order chi connectivity index (χ1) is 9.07. The Hall–Kier alpha value is -1.53. The Morgan fingerprint density at radius 2 is 2.16 bits per heavy atom. The average molecular weight is 281 g/mol. The van der Waals surface area contributed by atoms with Crippen LogP contribution in [0.15, 0.2) is 34.9 Å². The maximum atomic E-state index is 11.3. The molecule has 3 rings (SSSR count). The van der Waals surface area contributed by atoms with Crippen molar-refractivity contribution in [2.45, 2.75) is 0 Å². The standard InChI is InChI=1S/C13H15NO4S/c1-17-19(15,16)9-10-7-14(8-10)12-3-2-11-4-5-18-13(11)6-12/h2-6,10H,7-9H2,1H3. The minimum absolute atomic E-state index is 0.0863. The van der Waals surface area contributed by atoms with Crippen LogP contribution in [0.4, 0.5) is 5.69 Å². The summed E-state index contributed by atoms with van der Waals surface area (Å²) in [6, 6.07) is 7.94. The lowest BCUT2D eigenvalue weighted by Gasteiger charge is -2.40. The van der Waals surface area contributed by atoms with Gasteiger partial charge < -0.3 is 9.32 Å². The van der Waals surface area contributed by atoms with Gasteiger partial charge in [-0.2, -0.15) is 8.42 Å². The van der Waals surface area contributed by atoms with Gasteiger partial charge in [-0.15, -0.1) is 0 Å². The number of benzene rings is 1. The maximum Gasteiger partial charge on any atom is 0.267 e. The predicted octanol–water partition coefficient (Wildman–Crippen LogP) is 1.85. The molecule has 0 atom stereocenters. The summed E-state index contributed by atoms with van der Waals surface area (Å²) < 4.78 is 32.5. The molecule has 0 spiro atoms. The Bertz CT molecular complexity index is 685. The van der Waals surface area contributed by atoms with Crippen LogP contribution in [0.25, 0.3) is 11.0 Å². The first-order valence-corrected chi connectivity index (χ1v) is 7.65. The van der Waals surface area contributed by atoms with Crippen molar-refractivity contribution in [2.24, 2.45) is 5.92 Å². The number of hydrogen-bond acceptors (Lipinski definition) is 5. The zero-order valence-corrected chi connectivity index (χ0v) is 11.4. The average Bonchev–Trinajstić information content (AvgIpc) is 2.80. The molecule has 1 aliphatic heterocycles. The highest BCUT2D eigenvalue weighted by Crippen LogP contribution is 2.29. The molecule has 2 aromatic rings. The van der Waals surface area contributed by atoms with Gasteiger partial charge in [-0.1, -0.05) is 0 Å². The van der Waals surface area contributed by atoms with E-state index in [1.165, 1.54) is 7.11 Å². The number of anilines is 1. The van der Waals surface area contributed by atoms with E-state index in [4.69, 9.17) is 4.42 Å². The predicted molar refractivity (Wildman–Crippen MR) is 72.7 cm³/mol. The van der Waals surface area contributed by atoms with Crippen molar-refractivity contribution < 1.29 is 17.0 Å². The summed E-state index contributed by atoms with van der Waals surface area (Å²) in [6.07, 6.45) is 1.67. The molecular formula is C13H15NO4S. The van der Waals surface area contributed by atoms with Gasteiger partial charge >= 0.3 is 0 Å². The summed E-state index contributed by atoms with van der Waals surface area (Å²) in [6.45, 7) is 1.46. The van der Waals surface area contributed by atoms with Crippen molar-refractivity contribution in [2.75, 3.05) is 30.9 Å². The van der Waals surface area contributed by atoms with Crippen molar-refractivity contribution in [3.63, 3.8) is 0 Å². The molecule has 0 radical (unpaired) electrons. The molecule has 1 fully saturated rings. The molecule has 19 heavy (non-hydrogen) atoms. The Kier molecular flexibility index (Phi) is 2.99. The Labute approximate surface area is 111 Å². The van der Waals surface area contributed by atoms with Crippen molar-refractivity contribution in [3.05, 3.63) is 30.5 Å². The summed E-state index contributed by atoms with van der Waals surface area (Å²) in [4.78, 5) is 2.14. The highest BCUT2D eigenvalue weighted by Gasteiger charge is 2.31. The Morgan fingerprint density at radius 3 is 2.89 bits per heavy atom. The fraction of sp³-hybridized carbons (Fsp3) is 0.385. The summed E-state index contributed by atoms with van der Waals surface area (Å²) in [5.41, 5.74) is 1.92. The lowest BCUT2D eigenvalue weighted by Crippen LogP contribution is -2.49. The van der Waals surface area contributed by atoms with E-state index in [0.717, 1.165) is 29.7 Å². The molecule has 1 aliphatic rings. The quantitative estimate of drug-likeness (QED) is 0.800. The third kappa shape index (κ3) is 2.46. The SMILES string of the molecule is COS(=O)(=O)CC1CN(c2ccc3ccoc3c2)C1. The van der Waals surface area contributed by atoms with E-state index in [9.17, 15) is 8.42 Å². The van der Waals surface area contributed by atoms with E-state index in [1.807, 2.05) is 24.3 Å². The maximum absolute atomic E-state index is 11.3. The van der Waals surface area contributed by atoms with Crippen LogP contribution in [-0.4, -0.2) is 34.4 Å². The molecule has 1 saturated heterocycles. The van der Waals surface area contributed by atoms with Gasteiger partial charge in [0.2, 0.25) is 0 Å². The van der Waals surface area contributed by atoms with Crippen LogP contribution < -0.4 is 4.90 Å². The number of hydrogen-bond donors (Lipinski definition) is 0. The van der Waals surface area contributed by atoms with E-state index in [1.54, 1.807) is 6.26 Å². The molecule has 0 unspecified atom stereocenters. The van der Waals surface area contributed by atoms with Gasteiger partial charge in [0.1, 0.15) is 5.58 Å². The summed E-state index contributed by atoms with van der Waals surface area (Å²) >= 11 is 0. The van der Waals surface area contributed by atoms with Crippen molar-refractivity contribution in [3.8, 4) is 0 Å². The fourth-order valence-corrected chi connectivity index (χ4v) is 3.31. The Morgan fingerprint density at radius 1 is 1.37 bits per heavy atom. The summed E-state index contributed by atoms with van der Waals surface area (Å²) in [5.74, 6) is 0.223. The zero-order valence-electron chi connectivity index (χ0n) is 10.6. The molecular weight excluding hydrogens is 266 g/mol. The lowest BCUT2D eigenvalue weighted by atomic mass is 10.0. The van der Waals surface area contributed by atoms with Crippen molar-refractivity contribution >= 4 is 26.8 Å². The normalized spacial score (nSPS) is 16.8. The summed E-state index contributed by atoms with van der Waals surface area (Å²) in [7, 11) is -2.15. The topological polar surface area (TPSA) is 59.8 Å². The fourth-order valence-electron chi connectivity index (χ4n) is 2.38. The largest absolute Gasteiger partial charge is 0.464 e. The molecule has 102 valence electrons. The van der Waals surface area contributed by atoms with E-state index >= 15 is 0 Å². The third-order valence-electron chi connectivity index (χ3n) is 3.46. The van der Waals surface area contributed by atoms with Crippen molar-refractivity contribution in [1.82, 2.24) is 0 Å². The van der Waals surface area contributed by atoms with Crippen LogP contribution in [0.5, 0.6) is 0 Å². The minimum atomic E-state index is -3.36. The van der Waals surface area contributed by atoms with Crippen molar-refractivity contribution in [1.29, 1.82) is 0 Å². The lowest BCUT2D eigenvalue weighted by molar-refractivity contribution is 0.374. The molecule has 1 aromatic carbocycles. The van der Waals surface area contributed by atoms with Crippen LogP contribution >= 0.6 is 0 Å². The van der Waals surface area contributed by atoms with E-state index < -0.39 is 10.1 Å². The second-order valence-corrected chi connectivity index (χ2v) is 6.59. The molecule has 0 bridgehead atoms. The van der Waals surface area contributed by atoms with E-state index in [0.29, 0.717) is 0 Å². The monoisotopic (exact) mass is 281 g/mol. The third-order valence-corrected chi connectivity index (χ3v) is 4.84. The molecule has 0 saturated carbocycles. The van der Waals surface area contributed by atoms with Crippen LogP contribution in [0, 0.1) is 5.92 Å². The van der Waals surface area contributed by atoms with Crippen LogP contribution in [0.3, 0.4) is 0 Å². The van der Waals surface area contributed by atoms with Gasteiger partial charge in [-0.05, 0) is 18.2 Å². The molecule has 6 heteroatoms. The molecule has 0 aliphatic carbocycles. The second-order valence-electron chi connectivity index (χ2n) is 4.80. The van der Waals surface area contributed by atoms with Gasteiger partial charge in [0.25, 0.3) is 10.1 Å². The van der Waals surface area contributed by atoms with Gasteiger partial charge in [0.15, 0.2) is 0 Å². The highest BCUT2D eigenvalue weighted by atomic mass is 32.2. The summed E-state index contributed by atoms with van der Waals surface area (Å²) in [5, 5.41) is 1.07. The molecule has 2 heterocycles. The first kappa shape index (κ1) is 12.5. The van der Waals surface area contributed by atoms with Gasteiger partial charge in [0, 0.05) is 36.1 Å². The number of rotatable bonds is 4. The van der Waals surface area contributed by atoms with E-state index in [2.05, 4.69) is 9.08 Å². The number of fused-ring (bicyclic) bond motifs is 1. The van der Waals surface area contributed by atoms with Gasteiger partial charge in [-0.25, -0.2) is 0 Å². The number of nitrogens with zero attached hydrogens (tertiary/aromatic N) is 1.